The van der Waals surface area contributed by atoms with E-state index in [9.17, 15) is 8.78 Å². The second-order valence-electron chi connectivity index (χ2n) is 3.59. The van der Waals surface area contributed by atoms with Crippen molar-refractivity contribution in [1.29, 1.82) is 0 Å². The molecule has 0 aliphatic heterocycles. The van der Waals surface area contributed by atoms with Crippen LogP contribution in [0.3, 0.4) is 0 Å². The Bertz CT molecular complexity index is 520. The van der Waals surface area contributed by atoms with Gasteiger partial charge in [-0.2, -0.15) is 0 Å². The van der Waals surface area contributed by atoms with Gasteiger partial charge in [0.15, 0.2) is 0 Å². The van der Waals surface area contributed by atoms with Gasteiger partial charge < -0.3 is 5.73 Å². The summed E-state index contributed by atoms with van der Waals surface area (Å²) in [6, 6.07) is 4.23. The van der Waals surface area contributed by atoms with Crippen LogP contribution < -0.4 is 5.73 Å². The van der Waals surface area contributed by atoms with E-state index in [1.54, 1.807) is 18.4 Å². The number of nitrogens with two attached hydrogens (primary N) is 1. The minimum absolute atomic E-state index is 0.291. The Hall–Kier alpha value is -1.26. The van der Waals surface area contributed by atoms with E-state index in [0.717, 1.165) is 4.88 Å². The molecule has 0 saturated carbocycles. The second kappa shape index (κ2) is 4.31. The van der Waals surface area contributed by atoms with E-state index >= 15 is 0 Å². The van der Waals surface area contributed by atoms with E-state index in [1.165, 1.54) is 23.5 Å². The number of benzene rings is 1. The van der Waals surface area contributed by atoms with Crippen molar-refractivity contribution in [3.05, 3.63) is 45.7 Å². The maximum Gasteiger partial charge on any atom is 0.131 e. The van der Waals surface area contributed by atoms with Crippen molar-refractivity contribution in [2.24, 2.45) is 5.73 Å². The lowest BCUT2D eigenvalue weighted by Crippen LogP contribution is -1.92. The molecule has 16 heavy (non-hydrogen) atoms. The van der Waals surface area contributed by atoms with Crippen LogP contribution in [0.5, 0.6) is 0 Å². The fourth-order valence-electron chi connectivity index (χ4n) is 1.50. The van der Waals surface area contributed by atoms with Gasteiger partial charge in [-0.3, -0.25) is 0 Å². The molecule has 0 unspecified atom stereocenters. The zero-order valence-electron chi connectivity index (χ0n) is 8.76. The summed E-state index contributed by atoms with van der Waals surface area (Å²) < 4.78 is 27.0. The summed E-state index contributed by atoms with van der Waals surface area (Å²) in [6.45, 7) is 1.96. The number of hydrogen-bond donors (Lipinski definition) is 1. The van der Waals surface area contributed by atoms with Gasteiger partial charge in [0.05, 0.1) is 0 Å². The Kier molecular flexibility index (Phi) is 3.03. The summed E-state index contributed by atoms with van der Waals surface area (Å²) in [6.07, 6.45) is 0. The van der Waals surface area contributed by atoms with E-state index in [0.29, 0.717) is 23.2 Å². The first kappa shape index (κ1) is 11.2. The van der Waals surface area contributed by atoms with Gasteiger partial charge >= 0.3 is 0 Å². The molecule has 0 aliphatic carbocycles. The van der Waals surface area contributed by atoms with Gasteiger partial charge in [0.25, 0.3) is 0 Å². The molecule has 0 aliphatic rings. The number of rotatable bonds is 2. The molecule has 1 heterocycles. The zero-order chi connectivity index (χ0) is 11.7. The number of halogens is 2. The van der Waals surface area contributed by atoms with E-state index in [4.69, 9.17) is 5.73 Å². The van der Waals surface area contributed by atoms with Crippen molar-refractivity contribution in [1.82, 2.24) is 0 Å². The normalized spacial score (nSPS) is 10.8. The van der Waals surface area contributed by atoms with Crippen LogP contribution in [-0.2, 0) is 6.54 Å². The zero-order valence-corrected chi connectivity index (χ0v) is 9.57. The summed E-state index contributed by atoms with van der Waals surface area (Å²) in [4.78, 5) is 0.954. The Morgan fingerprint density at radius 2 is 1.94 bits per heavy atom. The third-order valence-electron chi connectivity index (χ3n) is 2.41. The van der Waals surface area contributed by atoms with Crippen molar-refractivity contribution >= 4 is 11.3 Å². The summed E-state index contributed by atoms with van der Waals surface area (Å²) >= 11 is 1.45. The molecule has 4 heteroatoms. The SMILES string of the molecule is Cc1cc(F)c(-c2csc(CN)c2)cc1F. The molecule has 84 valence electrons. The minimum atomic E-state index is -0.403. The van der Waals surface area contributed by atoms with Gasteiger partial charge in [0, 0.05) is 17.0 Å². The van der Waals surface area contributed by atoms with Crippen molar-refractivity contribution in [3.63, 3.8) is 0 Å². The Balaban J connectivity index is 2.51. The molecule has 1 nitrogen and oxygen atoms in total. The summed E-state index contributed by atoms with van der Waals surface area (Å²) in [5.41, 5.74) is 6.76. The van der Waals surface area contributed by atoms with E-state index in [2.05, 4.69) is 0 Å². The smallest absolute Gasteiger partial charge is 0.131 e. The molecular formula is C12H11F2NS. The third-order valence-corrected chi connectivity index (χ3v) is 3.37. The predicted octanol–water partition coefficient (Wildman–Crippen LogP) is 3.46. The molecule has 0 atom stereocenters. The monoisotopic (exact) mass is 239 g/mol. The third kappa shape index (κ3) is 1.99. The molecule has 0 spiro atoms. The molecule has 0 radical (unpaired) electrons. The first-order valence-electron chi connectivity index (χ1n) is 4.85. The van der Waals surface area contributed by atoms with Crippen molar-refractivity contribution in [3.8, 4) is 11.1 Å². The Labute approximate surface area is 96.5 Å². The van der Waals surface area contributed by atoms with Gasteiger partial charge in [-0.1, -0.05) is 0 Å². The molecule has 2 rings (SSSR count). The Morgan fingerprint density at radius 1 is 1.19 bits per heavy atom. The van der Waals surface area contributed by atoms with Gasteiger partial charge in [-0.25, -0.2) is 8.78 Å². The minimum Gasteiger partial charge on any atom is -0.326 e. The first-order chi connectivity index (χ1) is 7.61. The predicted molar refractivity (Wildman–Crippen MR) is 62.3 cm³/mol. The van der Waals surface area contributed by atoms with Crippen LogP contribution in [0.1, 0.15) is 10.4 Å². The Morgan fingerprint density at radius 3 is 2.56 bits per heavy atom. The number of hydrogen-bond acceptors (Lipinski definition) is 2. The van der Waals surface area contributed by atoms with Crippen molar-refractivity contribution in [2.45, 2.75) is 13.5 Å². The molecule has 1 aromatic carbocycles. The lowest BCUT2D eigenvalue weighted by atomic mass is 10.1. The first-order valence-corrected chi connectivity index (χ1v) is 5.73. The molecule has 0 bridgehead atoms. The van der Waals surface area contributed by atoms with Gasteiger partial charge in [-0.05, 0) is 41.6 Å². The van der Waals surface area contributed by atoms with Gasteiger partial charge in [-0.15, -0.1) is 11.3 Å². The summed E-state index contributed by atoms with van der Waals surface area (Å²) in [5.74, 6) is -0.794. The van der Waals surface area contributed by atoms with Crippen LogP contribution in [0, 0.1) is 18.6 Å². The topological polar surface area (TPSA) is 26.0 Å². The van der Waals surface area contributed by atoms with E-state index < -0.39 is 11.6 Å². The molecule has 0 amide bonds. The number of aryl methyl sites for hydroxylation is 1. The number of thiophene rings is 1. The van der Waals surface area contributed by atoms with Gasteiger partial charge in [0.2, 0.25) is 0 Å². The highest BCUT2D eigenvalue weighted by atomic mass is 32.1. The molecule has 2 N–H and O–H groups in total. The highest BCUT2D eigenvalue weighted by molar-refractivity contribution is 7.10. The summed E-state index contributed by atoms with van der Waals surface area (Å²) in [5, 5.41) is 1.79. The highest BCUT2D eigenvalue weighted by Gasteiger charge is 2.10. The fourth-order valence-corrected chi connectivity index (χ4v) is 2.26. The molecular weight excluding hydrogens is 228 g/mol. The highest BCUT2D eigenvalue weighted by Crippen LogP contribution is 2.29. The second-order valence-corrected chi connectivity index (χ2v) is 4.58. The van der Waals surface area contributed by atoms with E-state index in [1.807, 2.05) is 0 Å². The fraction of sp³-hybridized carbons (Fsp3) is 0.167. The van der Waals surface area contributed by atoms with Crippen molar-refractivity contribution < 1.29 is 8.78 Å². The molecule has 0 fully saturated rings. The lowest BCUT2D eigenvalue weighted by Gasteiger charge is -2.03. The molecule has 1 aromatic heterocycles. The summed E-state index contributed by atoms with van der Waals surface area (Å²) in [7, 11) is 0. The van der Waals surface area contributed by atoms with Crippen LogP contribution in [0.2, 0.25) is 0 Å². The van der Waals surface area contributed by atoms with Gasteiger partial charge in [0.1, 0.15) is 11.6 Å². The van der Waals surface area contributed by atoms with Crippen LogP contribution in [0.25, 0.3) is 11.1 Å². The van der Waals surface area contributed by atoms with Crippen LogP contribution >= 0.6 is 11.3 Å². The maximum absolute atomic E-state index is 13.6. The molecule has 2 aromatic rings. The largest absolute Gasteiger partial charge is 0.326 e. The van der Waals surface area contributed by atoms with Crippen molar-refractivity contribution in [2.75, 3.05) is 0 Å². The molecule has 0 saturated heterocycles. The standard InChI is InChI=1S/C12H11F2NS/c1-7-2-12(14)10(4-11(7)13)8-3-9(5-15)16-6-8/h2-4,6H,5,15H2,1H3. The van der Waals surface area contributed by atoms with Crippen LogP contribution in [0.4, 0.5) is 8.78 Å². The van der Waals surface area contributed by atoms with E-state index in [-0.39, 0.29) is 0 Å². The maximum atomic E-state index is 13.6. The average Bonchev–Trinajstić information content (AvgIpc) is 2.71. The quantitative estimate of drug-likeness (QED) is 0.853. The van der Waals surface area contributed by atoms with Crippen LogP contribution in [-0.4, -0.2) is 0 Å². The lowest BCUT2D eigenvalue weighted by molar-refractivity contribution is 0.595. The van der Waals surface area contributed by atoms with Crippen LogP contribution in [0.15, 0.2) is 23.6 Å². The average molecular weight is 239 g/mol.